The zero-order valence-electron chi connectivity index (χ0n) is 13.1. The smallest absolute Gasteiger partial charge is 0.295 e. The number of anilines is 1. The molecule has 0 saturated carbocycles. The fourth-order valence-electron chi connectivity index (χ4n) is 2.61. The zero-order valence-corrected chi connectivity index (χ0v) is 13.9. The Kier molecular flexibility index (Phi) is 3.96. The molecule has 0 spiro atoms. The predicted octanol–water partition coefficient (Wildman–Crippen LogP) is 3.85. The van der Waals surface area contributed by atoms with E-state index in [-0.39, 0.29) is 10.6 Å². The number of aryl methyl sites for hydroxylation is 2. The van der Waals surface area contributed by atoms with Gasteiger partial charge in [0.15, 0.2) is 5.52 Å². The summed E-state index contributed by atoms with van der Waals surface area (Å²) in [7, 11) is 1.96. The second kappa shape index (κ2) is 5.92. The van der Waals surface area contributed by atoms with Gasteiger partial charge in [0.25, 0.3) is 5.69 Å². The molecule has 0 radical (unpaired) electrons. The van der Waals surface area contributed by atoms with Crippen LogP contribution in [0.15, 0.2) is 29.6 Å². The Labute approximate surface area is 137 Å². The average molecular weight is 328 g/mol. The molecule has 3 aromatic rings. The van der Waals surface area contributed by atoms with Gasteiger partial charge in [-0.15, -0.1) is 11.3 Å². The summed E-state index contributed by atoms with van der Waals surface area (Å²) in [4.78, 5) is 21.8. The molecule has 0 saturated heterocycles. The molecule has 0 aliphatic heterocycles. The highest BCUT2D eigenvalue weighted by Gasteiger charge is 2.17. The van der Waals surface area contributed by atoms with E-state index in [0.29, 0.717) is 12.1 Å². The first-order valence-electron chi connectivity index (χ1n) is 7.12. The highest BCUT2D eigenvalue weighted by Crippen LogP contribution is 2.32. The average Bonchev–Trinajstić information content (AvgIpc) is 2.90. The van der Waals surface area contributed by atoms with Crippen molar-refractivity contribution in [2.75, 3.05) is 11.9 Å². The number of non-ortho nitro benzene ring substituents is 1. The molecule has 7 heteroatoms. The predicted molar refractivity (Wildman–Crippen MR) is 92.1 cm³/mol. The Bertz CT molecular complexity index is 891. The van der Waals surface area contributed by atoms with Gasteiger partial charge in [-0.1, -0.05) is 12.1 Å². The minimum Gasteiger partial charge on any atom is -0.368 e. The molecule has 3 rings (SSSR count). The van der Waals surface area contributed by atoms with Gasteiger partial charge in [-0.3, -0.25) is 10.1 Å². The lowest BCUT2D eigenvalue weighted by molar-refractivity contribution is -0.383. The first-order valence-corrected chi connectivity index (χ1v) is 8.00. The van der Waals surface area contributed by atoms with E-state index in [9.17, 15) is 10.1 Å². The number of nitrogens with zero attached hydrogens (tertiary/aromatic N) is 4. The normalized spacial score (nSPS) is 10.9. The van der Waals surface area contributed by atoms with Crippen LogP contribution in [0.1, 0.15) is 16.4 Å². The largest absolute Gasteiger partial charge is 0.368 e. The molecule has 1 aromatic carbocycles. The molecule has 0 aliphatic rings. The number of nitro groups is 1. The van der Waals surface area contributed by atoms with Gasteiger partial charge in [-0.05, 0) is 19.9 Å². The molecule has 0 N–H and O–H groups in total. The molecule has 2 aromatic heterocycles. The third-order valence-corrected chi connectivity index (χ3v) is 4.42. The van der Waals surface area contributed by atoms with Gasteiger partial charge in [0.2, 0.25) is 0 Å². The van der Waals surface area contributed by atoms with Crippen molar-refractivity contribution in [1.29, 1.82) is 0 Å². The van der Waals surface area contributed by atoms with E-state index >= 15 is 0 Å². The third kappa shape index (κ3) is 3.00. The van der Waals surface area contributed by atoms with E-state index in [4.69, 9.17) is 0 Å². The Morgan fingerprint density at radius 1 is 1.30 bits per heavy atom. The number of thiazole rings is 1. The van der Waals surface area contributed by atoms with Crippen LogP contribution < -0.4 is 4.90 Å². The highest BCUT2D eigenvalue weighted by atomic mass is 32.1. The van der Waals surface area contributed by atoms with Crippen molar-refractivity contribution in [3.8, 4) is 0 Å². The maximum absolute atomic E-state index is 11.2. The van der Waals surface area contributed by atoms with Gasteiger partial charge in [0.05, 0.1) is 22.2 Å². The van der Waals surface area contributed by atoms with E-state index in [1.807, 2.05) is 38.4 Å². The van der Waals surface area contributed by atoms with Crippen LogP contribution >= 0.6 is 11.3 Å². The van der Waals surface area contributed by atoms with Crippen molar-refractivity contribution in [3.05, 3.63) is 56.2 Å². The van der Waals surface area contributed by atoms with Crippen LogP contribution in [0.5, 0.6) is 0 Å². The fourth-order valence-corrected chi connectivity index (χ4v) is 3.22. The standard InChI is InChI=1S/C16H16N4O2S/c1-10-7-15(19(3)8-12-9-23-11(2)18-12)13-5-4-6-14(20(21)22)16(13)17-10/h4-7,9H,8H2,1-3H3. The quantitative estimate of drug-likeness (QED) is 0.537. The Morgan fingerprint density at radius 3 is 2.74 bits per heavy atom. The second-order valence-corrected chi connectivity index (χ2v) is 6.49. The summed E-state index contributed by atoms with van der Waals surface area (Å²) in [6, 6.07) is 7.00. The molecule has 6 nitrogen and oxygen atoms in total. The van der Waals surface area contributed by atoms with Crippen LogP contribution in [0.25, 0.3) is 10.9 Å². The van der Waals surface area contributed by atoms with Crippen LogP contribution in [-0.4, -0.2) is 21.9 Å². The maximum atomic E-state index is 11.2. The van der Waals surface area contributed by atoms with Crippen molar-refractivity contribution >= 4 is 33.6 Å². The number of para-hydroxylation sites is 1. The summed E-state index contributed by atoms with van der Waals surface area (Å²) in [5, 5.41) is 15.1. The second-order valence-electron chi connectivity index (χ2n) is 5.43. The number of aromatic nitrogens is 2. The molecular weight excluding hydrogens is 312 g/mol. The van der Waals surface area contributed by atoms with Gasteiger partial charge in [-0.2, -0.15) is 0 Å². The van der Waals surface area contributed by atoms with Gasteiger partial charge >= 0.3 is 0 Å². The lowest BCUT2D eigenvalue weighted by Crippen LogP contribution is -2.17. The van der Waals surface area contributed by atoms with E-state index in [0.717, 1.165) is 27.5 Å². The van der Waals surface area contributed by atoms with Crippen LogP contribution in [0, 0.1) is 24.0 Å². The van der Waals surface area contributed by atoms with Crippen LogP contribution in [0.2, 0.25) is 0 Å². The fraction of sp³-hybridized carbons (Fsp3) is 0.250. The van der Waals surface area contributed by atoms with Gasteiger partial charge in [-0.25, -0.2) is 9.97 Å². The van der Waals surface area contributed by atoms with Crippen LogP contribution in [0.3, 0.4) is 0 Å². The van der Waals surface area contributed by atoms with Crippen molar-refractivity contribution in [1.82, 2.24) is 9.97 Å². The minimum absolute atomic E-state index is 0.0327. The summed E-state index contributed by atoms with van der Waals surface area (Å²) < 4.78 is 0. The molecule has 0 atom stereocenters. The maximum Gasteiger partial charge on any atom is 0.295 e. The van der Waals surface area contributed by atoms with E-state index in [2.05, 4.69) is 14.9 Å². The van der Waals surface area contributed by atoms with E-state index < -0.39 is 0 Å². The van der Waals surface area contributed by atoms with Crippen molar-refractivity contribution < 1.29 is 4.92 Å². The summed E-state index contributed by atoms with van der Waals surface area (Å²) in [5.41, 5.74) is 3.12. The van der Waals surface area contributed by atoms with Gasteiger partial charge in [0, 0.05) is 35.3 Å². The van der Waals surface area contributed by atoms with Crippen molar-refractivity contribution in [2.45, 2.75) is 20.4 Å². The molecular formula is C16H16N4O2S. The first-order chi connectivity index (χ1) is 11.0. The Hall–Kier alpha value is -2.54. The lowest BCUT2D eigenvalue weighted by atomic mass is 10.1. The molecule has 0 unspecified atom stereocenters. The molecule has 0 amide bonds. The monoisotopic (exact) mass is 328 g/mol. The number of nitro benzene ring substituents is 1. The molecule has 2 heterocycles. The summed E-state index contributed by atoms with van der Waals surface area (Å²) in [6.45, 7) is 4.47. The van der Waals surface area contributed by atoms with Crippen LogP contribution in [0.4, 0.5) is 11.4 Å². The zero-order chi connectivity index (χ0) is 16.6. The molecule has 23 heavy (non-hydrogen) atoms. The van der Waals surface area contributed by atoms with Crippen LogP contribution in [-0.2, 0) is 6.54 Å². The Balaban J connectivity index is 2.09. The van der Waals surface area contributed by atoms with E-state index in [1.165, 1.54) is 6.07 Å². The topological polar surface area (TPSA) is 72.2 Å². The summed E-state index contributed by atoms with van der Waals surface area (Å²) in [5.74, 6) is 0. The van der Waals surface area contributed by atoms with E-state index in [1.54, 1.807) is 17.4 Å². The molecule has 0 bridgehead atoms. The minimum atomic E-state index is -0.387. The number of rotatable bonds is 4. The number of benzene rings is 1. The first kappa shape index (κ1) is 15.4. The number of hydrogen-bond acceptors (Lipinski definition) is 6. The number of fused-ring (bicyclic) bond motifs is 1. The van der Waals surface area contributed by atoms with Gasteiger partial charge < -0.3 is 4.90 Å². The number of pyridine rings is 1. The van der Waals surface area contributed by atoms with Gasteiger partial charge in [0.1, 0.15) is 0 Å². The highest BCUT2D eigenvalue weighted by molar-refractivity contribution is 7.09. The van der Waals surface area contributed by atoms with Crippen molar-refractivity contribution in [3.63, 3.8) is 0 Å². The SMILES string of the molecule is Cc1cc(N(C)Cc2csc(C)n2)c2cccc([N+](=O)[O-])c2n1. The lowest BCUT2D eigenvalue weighted by Gasteiger charge is -2.20. The third-order valence-electron chi connectivity index (χ3n) is 3.60. The summed E-state index contributed by atoms with van der Waals surface area (Å²) >= 11 is 1.62. The number of hydrogen-bond donors (Lipinski definition) is 0. The molecule has 0 fully saturated rings. The van der Waals surface area contributed by atoms with Crippen molar-refractivity contribution in [2.24, 2.45) is 0 Å². The Morgan fingerprint density at radius 2 is 2.09 bits per heavy atom. The molecule has 118 valence electrons. The molecule has 0 aliphatic carbocycles. The summed E-state index contributed by atoms with van der Waals surface area (Å²) in [6.07, 6.45) is 0.